The van der Waals surface area contributed by atoms with Crippen LogP contribution < -0.4 is 10.5 Å². The number of hydrogen-bond donors (Lipinski definition) is 1. The Balaban J connectivity index is 1.66. The molecule has 0 atom stereocenters. The van der Waals surface area contributed by atoms with Crippen LogP contribution in [-0.2, 0) is 6.54 Å². The summed E-state index contributed by atoms with van der Waals surface area (Å²) in [5.41, 5.74) is 3.02. The number of nitrogens with zero attached hydrogens (tertiary/aromatic N) is 3. The van der Waals surface area contributed by atoms with Crippen LogP contribution in [0.2, 0.25) is 5.02 Å². The van der Waals surface area contributed by atoms with Gasteiger partial charge in [0.2, 0.25) is 0 Å². The Kier molecular flexibility index (Phi) is 4.98. The molecule has 1 aromatic heterocycles. The fourth-order valence-electron chi connectivity index (χ4n) is 2.92. The van der Waals surface area contributed by atoms with Crippen molar-refractivity contribution in [3.63, 3.8) is 0 Å². The van der Waals surface area contributed by atoms with Crippen LogP contribution >= 0.6 is 11.6 Å². The summed E-state index contributed by atoms with van der Waals surface area (Å²) in [5.74, 6) is 0. The number of anilines is 1. The lowest BCUT2D eigenvalue weighted by atomic mass is 10.1. The van der Waals surface area contributed by atoms with Crippen LogP contribution in [0.15, 0.2) is 35.3 Å². The van der Waals surface area contributed by atoms with E-state index in [9.17, 15) is 4.79 Å². The topological polar surface area (TPSA) is 52.2 Å². The van der Waals surface area contributed by atoms with Gasteiger partial charge >= 0.3 is 0 Å². The van der Waals surface area contributed by atoms with Crippen LogP contribution in [0.1, 0.15) is 17.5 Å². The molecule has 122 valence electrons. The van der Waals surface area contributed by atoms with E-state index in [1.54, 1.807) is 6.20 Å². The zero-order chi connectivity index (χ0) is 16.2. The van der Waals surface area contributed by atoms with Gasteiger partial charge in [0.25, 0.3) is 5.56 Å². The van der Waals surface area contributed by atoms with Crippen molar-refractivity contribution < 1.29 is 0 Å². The SMILES string of the molecule is Cc1ccc(CN2CCCN(c3cn[nH]c(=O)c3Cl)CC2)cc1. The van der Waals surface area contributed by atoms with Gasteiger partial charge in [0, 0.05) is 32.7 Å². The monoisotopic (exact) mass is 332 g/mol. The Morgan fingerprint density at radius 1 is 1.17 bits per heavy atom. The molecule has 1 aliphatic rings. The molecule has 0 bridgehead atoms. The molecule has 1 fully saturated rings. The smallest absolute Gasteiger partial charge is 0.285 e. The van der Waals surface area contributed by atoms with Crippen molar-refractivity contribution in [1.29, 1.82) is 0 Å². The summed E-state index contributed by atoms with van der Waals surface area (Å²) < 4.78 is 0. The molecule has 0 radical (unpaired) electrons. The van der Waals surface area contributed by atoms with Gasteiger partial charge in [0.05, 0.1) is 11.9 Å². The molecule has 0 spiro atoms. The van der Waals surface area contributed by atoms with Gasteiger partial charge in [-0.25, -0.2) is 5.10 Å². The van der Waals surface area contributed by atoms with Gasteiger partial charge < -0.3 is 4.90 Å². The van der Waals surface area contributed by atoms with E-state index in [-0.39, 0.29) is 10.6 Å². The summed E-state index contributed by atoms with van der Waals surface area (Å²) in [6.45, 7) is 6.77. The molecular formula is C17H21ClN4O. The number of H-pyrrole nitrogens is 1. The molecule has 2 heterocycles. The van der Waals surface area contributed by atoms with E-state index >= 15 is 0 Å². The van der Waals surface area contributed by atoms with Crippen LogP contribution in [0.25, 0.3) is 0 Å². The molecule has 3 rings (SSSR count). The second kappa shape index (κ2) is 7.15. The van der Waals surface area contributed by atoms with Crippen LogP contribution in [0, 0.1) is 6.92 Å². The molecule has 1 aromatic carbocycles. The highest BCUT2D eigenvalue weighted by Crippen LogP contribution is 2.22. The third-order valence-corrected chi connectivity index (χ3v) is 4.60. The minimum Gasteiger partial charge on any atom is -0.368 e. The molecule has 1 aliphatic heterocycles. The molecule has 0 unspecified atom stereocenters. The summed E-state index contributed by atoms with van der Waals surface area (Å²) in [7, 11) is 0. The van der Waals surface area contributed by atoms with Gasteiger partial charge in [-0.2, -0.15) is 5.10 Å². The standard InChI is InChI=1S/C17H21ClN4O/c1-13-3-5-14(6-4-13)12-21-7-2-8-22(10-9-21)15-11-19-20-17(23)16(15)18/h3-6,11H,2,7-10,12H2,1H3,(H,20,23). The Bertz CT molecular complexity index is 713. The van der Waals surface area contributed by atoms with Crippen molar-refractivity contribution in [3.05, 3.63) is 57.0 Å². The summed E-state index contributed by atoms with van der Waals surface area (Å²) in [4.78, 5) is 16.2. The first-order valence-corrected chi connectivity index (χ1v) is 8.27. The number of hydrogen-bond acceptors (Lipinski definition) is 4. The normalized spacial score (nSPS) is 16.3. The first-order valence-electron chi connectivity index (χ1n) is 7.89. The predicted molar refractivity (Wildman–Crippen MR) is 93.2 cm³/mol. The lowest BCUT2D eigenvalue weighted by Crippen LogP contribution is -2.31. The quantitative estimate of drug-likeness (QED) is 0.938. The second-order valence-corrected chi connectivity index (χ2v) is 6.38. The maximum Gasteiger partial charge on any atom is 0.285 e. The fourth-order valence-corrected chi connectivity index (χ4v) is 3.13. The third-order valence-electron chi connectivity index (χ3n) is 4.23. The zero-order valence-corrected chi connectivity index (χ0v) is 14.0. The number of aromatic amines is 1. The van der Waals surface area contributed by atoms with Gasteiger partial charge in [-0.1, -0.05) is 41.4 Å². The van der Waals surface area contributed by atoms with Crippen molar-refractivity contribution in [2.24, 2.45) is 0 Å². The fraction of sp³-hybridized carbons (Fsp3) is 0.412. The van der Waals surface area contributed by atoms with Crippen molar-refractivity contribution >= 4 is 17.3 Å². The van der Waals surface area contributed by atoms with Gasteiger partial charge in [-0.3, -0.25) is 9.69 Å². The van der Waals surface area contributed by atoms with Gasteiger partial charge in [0.15, 0.2) is 0 Å². The van der Waals surface area contributed by atoms with Crippen LogP contribution in [0.3, 0.4) is 0 Å². The van der Waals surface area contributed by atoms with E-state index in [4.69, 9.17) is 11.6 Å². The van der Waals surface area contributed by atoms with Crippen molar-refractivity contribution in [1.82, 2.24) is 15.1 Å². The van der Waals surface area contributed by atoms with Crippen LogP contribution in [-0.4, -0.2) is 41.3 Å². The summed E-state index contributed by atoms with van der Waals surface area (Å²) >= 11 is 6.12. The summed E-state index contributed by atoms with van der Waals surface area (Å²) in [6, 6.07) is 8.69. The molecule has 23 heavy (non-hydrogen) atoms. The van der Waals surface area contributed by atoms with Crippen LogP contribution in [0.4, 0.5) is 5.69 Å². The predicted octanol–water partition coefficient (Wildman–Crippen LogP) is 2.44. The summed E-state index contributed by atoms with van der Waals surface area (Å²) in [5, 5.41) is 6.46. The average molecular weight is 333 g/mol. The largest absolute Gasteiger partial charge is 0.368 e. The maximum absolute atomic E-state index is 11.6. The molecule has 5 nitrogen and oxygen atoms in total. The first-order chi connectivity index (χ1) is 11.1. The third kappa shape index (κ3) is 3.92. The molecule has 0 saturated carbocycles. The number of nitrogens with one attached hydrogen (secondary N) is 1. The molecule has 1 saturated heterocycles. The summed E-state index contributed by atoms with van der Waals surface area (Å²) in [6.07, 6.45) is 2.67. The Labute approximate surface area is 140 Å². The maximum atomic E-state index is 11.6. The minimum atomic E-state index is -0.329. The molecule has 6 heteroatoms. The highest BCUT2D eigenvalue weighted by atomic mass is 35.5. The van der Waals surface area contributed by atoms with Crippen LogP contribution in [0.5, 0.6) is 0 Å². The molecule has 2 aromatic rings. The number of rotatable bonds is 3. The Morgan fingerprint density at radius 2 is 1.96 bits per heavy atom. The van der Waals surface area contributed by atoms with Crippen molar-refractivity contribution in [2.75, 3.05) is 31.1 Å². The lowest BCUT2D eigenvalue weighted by molar-refractivity contribution is 0.285. The minimum absolute atomic E-state index is 0.229. The number of aryl methyl sites for hydroxylation is 1. The average Bonchev–Trinajstić information content (AvgIpc) is 2.78. The number of aromatic nitrogens is 2. The molecule has 1 N–H and O–H groups in total. The molecule has 0 aliphatic carbocycles. The van der Waals surface area contributed by atoms with E-state index in [2.05, 4.69) is 51.2 Å². The van der Waals surface area contributed by atoms with E-state index in [1.807, 2.05) is 0 Å². The lowest BCUT2D eigenvalue weighted by Gasteiger charge is -2.23. The van der Waals surface area contributed by atoms with Gasteiger partial charge in [-0.05, 0) is 18.9 Å². The van der Waals surface area contributed by atoms with E-state index in [1.165, 1.54) is 11.1 Å². The second-order valence-electron chi connectivity index (χ2n) is 6.00. The van der Waals surface area contributed by atoms with Gasteiger partial charge in [0.1, 0.15) is 5.02 Å². The highest BCUT2D eigenvalue weighted by Gasteiger charge is 2.18. The number of halogens is 1. The van der Waals surface area contributed by atoms with E-state index in [0.29, 0.717) is 0 Å². The first kappa shape index (κ1) is 16.0. The Hall–Kier alpha value is -1.85. The molecular weight excluding hydrogens is 312 g/mol. The Morgan fingerprint density at radius 3 is 2.74 bits per heavy atom. The molecule has 0 amide bonds. The van der Waals surface area contributed by atoms with Crippen molar-refractivity contribution in [3.8, 4) is 0 Å². The zero-order valence-electron chi connectivity index (χ0n) is 13.3. The van der Waals surface area contributed by atoms with E-state index in [0.717, 1.165) is 44.8 Å². The van der Waals surface area contributed by atoms with E-state index < -0.39 is 0 Å². The van der Waals surface area contributed by atoms with Crippen molar-refractivity contribution in [2.45, 2.75) is 19.9 Å². The number of benzene rings is 1. The highest BCUT2D eigenvalue weighted by molar-refractivity contribution is 6.32. The van der Waals surface area contributed by atoms with Gasteiger partial charge in [-0.15, -0.1) is 0 Å².